The Hall–Kier alpha value is 0. The summed E-state index contributed by atoms with van der Waals surface area (Å²) in [6, 6.07) is 0. The van der Waals surface area contributed by atoms with Gasteiger partial charge >= 0.3 is 0 Å². The average Bonchev–Trinajstić information content (AvgIpc) is 2.17. The zero-order chi connectivity index (χ0) is 9.94. The minimum Gasteiger partial charge on any atom is -0.0654 e. The highest BCUT2D eigenvalue weighted by molar-refractivity contribution is 4.55. The maximum atomic E-state index is 2.32. The third kappa shape index (κ3) is 8.33. The van der Waals surface area contributed by atoms with E-state index in [2.05, 4.69) is 20.8 Å². The van der Waals surface area contributed by atoms with Gasteiger partial charge in [0, 0.05) is 0 Å². The number of rotatable bonds is 9. The first-order chi connectivity index (χ1) is 6.35. The van der Waals surface area contributed by atoms with E-state index in [0.717, 1.165) is 5.92 Å². The standard InChI is InChI=1S/C13H28/c1-4-7-8-9-10-11-12-13(5-2)6-3/h13H,4-12H2,1-3H3. The van der Waals surface area contributed by atoms with E-state index in [0.29, 0.717) is 0 Å². The third-order valence-corrected chi connectivity index (χ3v) is 3.12. The summed E-state index contributed by atoms with van der Waals surface area (Å²) in [7, 11) is 0. The van der Waals surface area contributed by atoms with Crippen molar-refractivity contribution in [1.29, 1.82) is 0 Å². The van der Waals surface area contributed by atoms with Crippen molar-refractivity contribution in [3.8, 4) is 0 Å². The molecular formula is C13H28. The van der Waals surface area contributed by atoms with Gasteiger partial charge in [-0.15, -0.1) is 0 Å². The molecule has 80 valence electrons. The van der Waals surface area contributed by atoms with Crippen molar-refractivity contribution >= 4 is 0 Å². The van der Waals surface area contributed by atoms with Gasteiger partial charge < -0.3 is 0 Å². The third-order valence-electron chi connectivity index (χ3n) is 3.12. The molecule has 0 bridgehead atoms. The SMILES string of the molecule is CCCCCCCCC(CC)CC. The molecular weight excluding hydrogens is 156 g/mol. The van der Waals surface area contributed by atoms with Gasteiger partial charge in [0.25, 0.3) is 0 Å². The molecule has 0 atom stereocenters. The molecule has 0 unspecified atom stereocenters. The normalized spacial score (nSPS) is 11.1. The predicted octanol–water partition coefficient (Wildman–Crippen LogP) is 5.17. The molecule has 0 nitrogen and oxygen atoms in total. The smallest absolute Gasteiger partial charge is 0.0420 e. The molecule has 0 aliphatic heterocycles. The summed E-state index contributed by atoms with van der Waals surface area (Å²) in [5.74, 6) is 1.01. The highest BCUT2D eigenvalue weighted by Crippen LogP contribution is 2.17. The summed E-state index contributed by atoms with van der Waals surface area (Å²) >= 11 is 0. The zero-order valence-corrected chi connectivity index (χ0v) is 9.94. The Morgan fingerprint density at radius 1 is 0.692 bits per heavy atom. The minimum atomic E-state index is 1.01. The Balaban J connectivity index is 3.05. The fourth-order valence-electron chi connectivity index (χ4n) is 1.91. The van der Waals surface area contributed by atoms with Crippen molar-refractivity contribution in [3.05, 3.63) is 0 Å². The Kier molecular flexibility index (Phi) is 10.1. The lowest BCUT2D eigenvalue weighted by molar-refractivity contribution is 0.427. The van der Waals surface area contributed by atoms with Gasteiger partial charge in [0.05, 0.1) is 0 Å². The first-order valence-electron chi connectivity index (χ1n) is 6.35. The summed E-state index contributed by atoms with van der Waals surface area (Å²) in [4.78, 5) is 0. The zero-order valence-electron chi connectivity index (χ0n) is 9.94. The average molecular weight is 184 g/mol. The van der Waals surface area contributed by atoms with Gasteiger partial charge in [-0.1, -0.05) is 78.6 Å². The monoisotopic (exact) mass is 184 g/mol. The Bertz CT molecular complexity index is 82.0. The van der Waals surface area contributed by atoms with Gasteiger partial charge in [0.1, 0.15) is 0 Å². The van der Waals surface area contributed by atoms with E-state index in [1.807, 2.05) is 0 Å². The van der Waals surface area contributed by atoms with E-state index >= 15 is 0 Å². The molecule has 0 aliphatic rings. The van der Waals surface area contributed by atoms with Crippen molar-refractivity contribution in [2.24, 2.45) is 5.92 Å². The van der Waals surface area contributed by atoms with Crippen LogP contribution in [-0.2, 0) is 0 Å². The van der Waals surface area contributed by atoms with Gasteiger partial charge in [-0.3, -0.25) is 0 Å². The number of hydrogen-bond donors (Lipinski definition) is 0. The van der Waals surface area contributed by atoms with Crippen LogP contribution in [0.25, 0.3) is 0 Å². The van der Waals surface area contributed by atoms with Gasteiger partial charge in [-0.25, -0.2) is 0 Å². The summed E-state index contributed by atoms with van der Waals surface area (Å²) in [6.07, 6.45) is 12.9. The van der Waals surface area contributed by atoms with Crippen molar-refractivity contribution in [2.75, 3.05) is 0 Å². The van der Waals surface area contributed by atoms with Gasteiger partial charge in [0.2, 0.25) is 0 Å². The number of hydrogen-bond acceptors (Lipinski definition) is 0. The van der Waals surface area contributed by atoms with Crippen LogP contribution >= 0.6 is 0 Å². The molecule has 0 amide bonds. The van der Waals surface area contributed by atoms with Crippen LogP contribution in [0.4, 0.5) is 0 Å². The van der Waals surface area contributed by atoms with E-state index in [-0.39, 0.29) is 0 Å². The molecule has 0 N–H and O–H groups in total. The fraction of sp³-hybridized carbons (Fsp3) is 1.00. The quantitative estimate of drug-likeness (QED) is 0.433. The van der Waals surface area contributed by atoms with E-state index < -0.39 is 0 Å². The highest BCUT2D eigenvalue weighted by Gasteiger charge is 2.01. The van der Waals surface area contributed by atoms with Crippen LogP contribution in [0.5, 0.6) is 0 Å². The van der Waals surface area contributed by atoms with E-state index in [1.165, 1.54) is 57.8 Å². The first kappa shape index (κ1) is 13.0. The van der Waals surface area contributed by atoms with Gasteiger partial charge in [-0.2, -0.15) is 0 Å². The van der Waals surface area contributed by atoms with Crippen LogP contribution in [0, 0.1) is 5.92 Å². The molecule has 0 saturated carbocycles. The van der Waals surface area contributed by atoms with Crippen molar-refractivity contribution in [1.82, 2.24) is 0 Å². The molecule has 0 aromatic carbocycles. The predicted molar refractivity (Wildman–Crippen MR) is 62.1 cm³/mol. The van der Waals surface area contributed by atoms with Crippen molar-refractivity contribution < 1.29 is 0 Å². The second kappa shape index (κ2) is 10.1. The largest absolute Gasteiger partial charge is 0.0654 e. The molecule has 0 saturated heterocycles. The molecule has 0 fully saturated rings. The Labute approximate surface area is 85.1 Å². The minimum absolute atomic E-state index is 1.01. The molecule has 0 spiro atoms. The lowest BCUT2D eigenvalue weighted by atomic mass is 9.96. The van der Waals surface area contributed by atoms with Gasteiger partial charge in [-0.05, 0) is 5.92 Å². The van der Waals surface area contributed by atoms with Crippen LogP contribution in [-0.4, -0.2) is 0 Å². The van der Waals surface area contributed by atoms with Gasteiger partial charge in [0.15, 0.2) is 0 Å². The highest BCUT2D eigenvalue weighted by atomic mass is 14.1. The molecule has 0 aromatic rings. The molecule has 0 aromatic heterocycles. The van der Waals surface area contributed by atoms with E-state index in [9.17, 15) is 0 Å². The summed E-state index contributed by atoms with van der Waals surface area (Å²) in [5, 5.41) is 0. The summed E-state index contributed by atoms with van der Waals surface area (Å²) < 4.78 is 0. The maximum Gasteiger partial charge on any atom is -0.0420 e. The first-order valence-corrected chi connectivity index (χ1v) is 6.35. The Morgan fingerprint density at radius 3 is 1.77 bits per heavy atom. The molecule has 0 heteroatoms. The van der Waals surface area contributed by atoms with E-state index in [4.69, 9.17) is 0 Å². The van der Waals surface area contributed by atoms with Crippen LogP contribution in [0.1, 0.15) is 78.6 Å². The maximum absolute atomic E-state index is 2.32. The van der Waals surface area contributed by atoms with Crippen LogP contribution in [0.15, 0.2) is 0 Å². The molecule has 0 aliphatic carbocycles. The lowest BCUT2D eigenvalue weighted by Gasteiger charge is -2.11. The molecule has 0 heterocycles. The van der Waals surface area contributed by atoms with Crippen LogP contribution < -0.4 is 0 Å². The summed E-state index contributed by atoms with van der Waals surface area (Å²) in [5.41, 5.74) is 0. The second-order valence-electron chi connectivity index (χ2n) is 4.24. The molecule has 0 rings (SSSR count). The van der Waals surface area contributed by atoms with Crippen LogP contribution in [0.3, 0.4) is 0 Å². The topological polar surface area (TPSA) is 0 Å². The molecule has 13 heavy (non-hydrogen) atoms. The summed E-state index contributed by atoms with van der Waals surface area (Å²) in [6.45, 7) is 6.93. The Morgan fingerprint density at radius 2 is 1.23 bits per heavy atom. The number of unbranched alkanes of at least 4 members (excludes halogenated alkanes) is 5. The second-order valence-corrected chi connectivity index (χ2v) is 4.24. The van der Waals surface area contributed by atoms with Crippen molar-refractivity contribution in [2.45, 2.75) is 78.6 Å². The fourth-order valence-corrected chi connectivity index (χ4v) is 1.91. The molecule has 0 radical (unpaired) electrons. The lowest BCUT2D eigenvalue weighted by Crippen LogP contribution is -1.96. The van der Waals surface area contributed by atoms with Crippen LogP contribution in [0.2, 0.25) is 0 Å². The van der Waals surface area contributed by atoms with E-state index in [1.54, 1.807) is 0 Å². The van der Waals surface area contributed by atoms with Crippen molar-refractivity contribution in [3.63, 3.8) is 0 Å².